The van der Waals surface area contributed by atoms with Gasteiger partial charge >= 0.3 is 0 Å². The molecular weight excluding hydrogens is 456 g/mol. The van der Waals surface area contributed by atoms with Gasteiger partial charge in [0.2, 0.25) is 0 Å². The summed E-state index contributed by atoms with van der Waals surface area (Å²) in [6, 6.07) is 5.77. The van der Waals surface area contributed by atoms with Crippen molar-refractivity contribution >= 4 is 43.8 Å². The summed E-state index contributed by atoms with van der Waals surface area (Å²) in [6.07, 6.45) is 6.11. The Morgan fingerprint density at radius 1 is 1.25 bits per heavy atom. The third-order valence-electron chi connectivity index (χ3n) is 4.71. The number of benzene rings is 1. The first-order valence-corrected chi connectivity index (χ1v) is 12.7. The molecule has 172 valence electrons. The lowest BCUT2D eigenvalue weighted by Crippen LogP contribution is -2.25. The Kier molecular flexibility index (Phi) is 7.94. The van der Waals surface area contributed by atoms with Gasteiger partial charge in [0.05, 0.1) is 17.7 Å². The molecule has 32 heavy (non-hydrogen) atoms. The molecule has 1 heterocycles. The van der Waals surface area contributed by atoms with E-state index < -0.39 is 21.7 Å². The van der Waals surface area contributed by atoms with Crippen LogP contribution < -0.4 is 10.6 Å². The molecular formula is C20H24N4O6S2. The first kappa shape index (κ1) is 23.8. The van der Waals surface area contributed by atoms with E-state index in [1.807, 2.05) is 0 Å². The fourth-order valence-electron chi connectivity index (χ4n) is 3.06. The highest BCUT2D eigenvalue weighted by Crippen LogP contribution is 2.22. The maximum absolute atomic E-state index is 12.9. The first-order chi connectivity index (χ1) is 15.3. The normalized spacial score (nSPS) is 14.9. The van der Waals surface area contributed by atoms with Gasteiger partial charge in [-0.05, 0) is 37.8 Å². The molecule has 3 rings (SSSR count). The van der Waals surface area contributed by atoms with Gasteiger partial charge in [0.1, 0.15) is 11.0 Å². The Labute approximate surface area is 189 Å². The summed E-state index contributed by atoms with van der Waals surface area (Å²) in [5.74, 6) is -1.02. The van der Waals surface area contributed by atoms with E-state index in [9.17, 15) is 18.0 Å². The molecule has 0 atom stereocenters. The van der Waals surface area contributed by atoms with Gasteiger partial charge in [0.15, 0.2) is 20.7 Å². The number of rotatable bonds is 9. The van der Waals surface area contributed by atoms with Crippen molar-refractivity contribution in [3.05, 3.63) is 40.9 Å². The average molecular weight is 481 g/mol. The van der Waals surface area contributed by atoms with Crippen LogP contribution in [0.4, 0.5) is 5.13 Å². The molecule has 3 N–H and O–H groups in total. The van der Waals surface area contributed by atoms with Crippen LogP contribution in [-0.2, 0) is 19.5 Å². The van der Waals surface area contributed by atoms with E-state index in [1.54, 1.807) is 0 Å². The van der Waals surface area contributed by atoms with Crippen molar-refractivity contribution in [2.75, 3.05) is 24.7 Å². The number of aliphatic hydroxyl groups is 1. The Morgan fingerprint density at radius 2 is 1.94 bits per heavy atom. The molecule has 12 heteroatoms. The summed E-state index contributed by atoms with van der Waals surface area (Å²) in [6.45, 7) is -0.0791. The first-order valence-electron chi connectivity index (χ1n) is 9.98. The van der Waals surface area contributed by atoms with Crippen molar-refractivity contribution in [2.24, 2.45) is 5.16 Å². The average Bonchev–Trinajstić information content (AvgIpc) is 3.44. The molecule has 0 radical (unpaired) electrons. The number of carbonyl (C=O) groups is 2. The van der Waals surface area contributed by atoms with Crippen molar-refractivity contribution in [3.63, 3.8) is 0 Å². The molecule has 0 saturated heterocycles. The van der Waals surface area contributed by atoms with Gasteiger partial charge in [-0.15, -0.1) is 0 Å². The fourth-order valence-corrected chi connectivity index (χ4v) is 4.41. The van der Waals surface area contributed by atoms with Crippen molar-refractivity contribution in [1.29, 1.82) is 0 Å². The maximum atomic E-state index is 12.9. The summed E-state index contributed by atoms with van der Waals surface area (Å²) < 4.78 is 23.4. The molecule has 1 aliphatic rings. The second-order valence-electron chi connectivity index (χ2n) is 7.21. The second-order valence-corrected chi connectivity index (χ2v) is 10.3. The molecule has 1 aromatic carbocycles. The zero-order chi connectivity index (χ0) is 23.1. The molecule has 0 aliphatic heterocycles. The number of carbonyl (C=O) groups excluding carboxylic acids is 2. The van der Waals surface area contributed by atoms with Gasteiger partial charge in [-0.2, -0.15) is 0 Å². The zero-order valence-corrected chi connectivity index (χ0v) is 19.0. The summed E-state index contributed by atoms with van der Waals surface area (Å²) in [5, 5.41) is 18.2. The van der Waals surface area contributed by atoms with Crippen LogP contribution in [0.25, 0.3) is 0 Å². The molecule has 1 fully saturated rings. The highest BCUT2D eigenvalue weighted by Gasteiger charge is 2.21. The third kappa shape index (κ3) is 6.34. The number of aliphatic hydroxyl groups excluding tert-OH is 1. The minimum Gasteiger partial charge on any atom is -0.395 e. The van der Waals surface area contributed by atoms with Crippen LogP contribution in [0.15, 0.2) is 40.5 Å². The van der Waals surface area contributed by atoms with Crippen LogP contribution in [-0.4, -0.2) is 61.5 Å². The number of sulfone groups is 1. The SMILES string of the molecule is CS(=O)(=O)c1ccc(C(=NOC2CCCC2)C(=O)Nc2ncc(C(=O)NCCO)s2)cc1. The summed E-state index contributed by atoms with van der Waals surface area (Å²) in [5.41, 5.74) is 0.351. The molecule has 10 nitrogen and oxygen atoms in total. The molecule has 2 amide bonds. The predicted molar refractivity (Wildman–Crippen MR) is 120 cm³/mol. The van der Waals surface area contributed by atoms with E-state index in [4.69, 9.17) is 9.94 Å². The van der Waals surface area contributed by atoms with Crippen molar-refractivity contribution in [2.45, 2.75) is 36.7 Å². The van der Waals surface area contributed by atoms with Gasteiger partial charge in [0, 0.05) is 18.4 Å². The molecule has 1 aromatic heterocycles. The van der Waals surface area contributed by atoms with Crippen LogP contribution in [0, 0.1) is 0 Å². The fraction of sp³-hybridized carbons (Fsp3) is 0.400. The molecule has 1 aliphatic carbocycles. The van der Waals surface area contributed by atoms with Crippen LogP contribution >= 0.6 is 11.3 Å². The number of amides is 2. The number of hydrogen-bond acceptors (Lipinski definition) is 9. The lowest BCUT2D eigenvalue weighted by Gasteiger charge is -2.10. The van der Waals surface area contributed by atoms with Crippen molar-refractivity contribution < 1.29 is 28.0 Å². The smallest absolute Gasteiger partial charge is 0.280 e. The largest absolute Gasteiger partial charge is 0.395 e. The number of oxime groups is 1. The Morgan fingerprint density at radius 3 is 2.56 bits per heavy atom. The predicted octanol–water partition coefficient (Wildman–Crippen LogP) is 1.57. The Balaban J connectivity index is 1.80. The Bertz CT molecular complexity index is 1090. The molecule has 0 bridgehead atoms. The van der Waals surface area contributed by atoms with Crippen LogP contribution in [0.2, 0.25) is 0 Å². The van der Waals surface area contributed by atoms with E-state index in [0.29, 0.717) is 5.56 Å². The number of anilines is 1. The third-order valence-corrected chi connectivity index (χ3v) is 6.75. The van der Waals surface area contributed by atoms with Crippen LogP contribution in [0.1, 0.15) is 40.9 Å². The minimum absolute atomic E-state index is 0.0292. The van der Waals surface area contributed by atoms with Gasteiger partial charge in [-0.3, -0.25) is 14.9 Å². The molecule has 0 unspecified atom stereocenters. The van der Waals surface area contributed by atoms with E-state index in [1.165, 1.54) is 30.5 Å². The van der Waals surface area contributed by atoms with E-state index >= 15 is 0 Å². The van der Waals surface area contributed by atoms with Gasteiger partial charge in [-0.25, -0.2) is 13.4 Å². The lowest BCUT2D eigenvalue weighted by atomic mass is 10.1. The van der Waals surface area contributed by atoms with Crippen LogP contribution in [0.3, 0.4) is 0 Å². The summed E-state index contributed by atoms with van der Waals surface area (Å²) in [7, 11) is -3.39. The monoisotopic (exact) mass is 480 g/mol. The topological polar surface area (TPSA) is 147 Å². The van der Waals surface area contributed by atoms with E-state index in [0.717, 1.165) is 43.3 Å². The highest BCUT2D eigenvalue weighted by atomic mass is 32.2. The van der Waals surface area contributed by atoms with Gasteiger partial charge < -0.3 is 15.3 Å². The number of nitrogens with one attached hydrogen (secondary N) is 2. The Hall–Kier alpha value is -2.83. The summed E-state index contributed by atoms with van der Waals surface area (Å²) in [4.78, 5) is 34.9. The van der Waals surface area contributed by atoms with E-state index in [-0.39, 0.29) is 39.9 Å². The molecule has 0 spiro atoms. The highest BCUT2D eigenvalue weighted by molar-refractivity contribution is 7.90. The number of nitrogens with zero attached hydrogens (tertiary/aromatic N) is 2. The second kappa shape index (κ2) is 10.7. The van der Waals surface area contributed by atoms with Gasteiger partial charge in [-0.1, -0.05) is 28.6 Å². The summed E-state index contributed by atoms with van der Waals surface area (Å²) >= 11 is 0.970. The van der Waals surface area contributed by atoms with Crippen molar-refractivity contribution in [1.82, 2.24) is 10.3 Å². The number of aromatic nitrogens is 1. The van der Waals surface area contributed by atoms with Crippen LogP contribution in [0.5, 0.6) is 0 Å². The van der Waals surface area contributed by atoms with Gasteiger partial charge in [0.25, 0.3) is 11.8 Å². The molecule has 2 aromatic rings. The minimum atomic E-state index is -3.39. The molecule has 1 saturated carbocycles. The lowest BCUT2D eigenvalue weighted by molar-refractivity contribution is -0.110. The number of hydrogen-bond donors (Lipinski definition) is 3. The van der Waals surface area contributed by atoms with Crippen molar-refractivity contribution in [3.8, 4) is 0 Å². The zero-order valence-electron chi connectivity index (χ0n) is 17.4. The maximum Gasteiger partial charge on any atom is 0.280 e. The van der Waals surface area contributed by atoms with E-state index in [2.05, 4.69) is 20.8 Å². The number of thiazole rings is 1. The standard InChI is InChI=1S/C20H24N4O6S2/c1-32(28,29)15-8-6-13(7-9-15)17(24-30-14-4-2-3-5-14)19(27)23-20-22-12-16(31-20)18(26)21-10-11-25/h6-9,12,14,25H,2-5,10-11H2,1H3,(H,21,26)(H,22,23,27). The quantitative estimate of drug-likeness (QED) is 0.364.